The van der Waals surface area contributed by atoms with Gasteiger partial charge in [0.2, 0.25) is 0 Å². The monoisotopic (exact) mass is 638 g/mol. The predicted molar refractivity (Wildman–Crippen MR) is 142 cm³/mol. The average molecular weight is 639 g/mol. The van der Waals surface area contributed by atoms with Crippen LogP contribution in [0.3, 0.4) is 0 Å². The van der Waals surface area contributed by atoms with Gasteiger partial charge in [0.1, 0.15) is 23.1 Å². The lowest BCUT2D eigenvalue weighted by Crippen LogP contribution is -2.71. The van der Waals surface area contributed by atoms with Gasteiger partial charge in [-0.05, 0) is 56.4 Å². The number of rotatable bonds is 12. The summed E-state index contributed by atoms with van der Waals surface area (Å²) in [5, 5.41) is 5.66. The van der Waals surface area contributed by atoms with Gasteiger partial charge in [-0.3, -0.25) is 14.1 Å². The van der Waals surface area contributed by atoms with Crippen molar-refractivity contribution >= 4 is 42.8 Å². The van der Waals surface area contributed by atoms with E-state index < -0.39 is 68.5 Å². The Labute approximate surface area is 243 Å². The highest BCUT2D eigenvalue weighted by Crippen LogP contribution is 2.48. The standard InChI is InChI=1S/C25H27Cl2F2N2O9P/c26-17-3-1-15(9-19(17)28)37-12-22(32)30-24-5-7-25(8-6-24,21(11-24)39-14-40-41(34,35)36)31-23(33)13-38-16-2-4-18(27)20(29)10-16/h1-4,9-10,21H,5-8,11-14H2,(H,30,32)(H,31,33)(H2,34,35,36). The molecule has 4 N–H and O–H groups in total. The average Bonchev–Trinajstić information content (AvgIpc) is 2.90. The van der Waals surface area contributed by atoms with Gasteiger partial charge >= 0.3 is 7.82 Å². The van der Waals surface area contributed by atoms with Crippen LogP contribution in [0.25, 0.3) is 0 Å². The van der Waals surface area contributed by atoms with Crippen LogP contribution in [0.4, 0.5) is 8.78 Å². The van der Waals surface area contributed by atoms with Gasteiger partial charge in [0, 0.05) is 17.7 Å². The second kappa shape index (κ2) is 12.8. The number of carbonyl (C=O) groups is 2. The van der Waals surface area contributed by atoms with E-state index in [-0.39, 0.29) is 28.0 Å². The van der Waals surface area contributed by atoms with Crippen molar-refractivity contribution in [1.29, 1.82) is 0 Å². The summed E-state index contributed by atoms with van der Waals surface area (Å²) in [6.07, 6.45) is 0.952. The Bertz CT molecular complexity index is 1340. The molecule has 16 heteroatoms. The number of ether oxygens (including phenoxy) is 3. The van der Waals surface area contributed by atoms with Crippen molar-refractivity contribution in [2.24, 2.45) is 0 Å². The molecule has 11 nitrogen and oxygen atoms in total. The van der Waals surface area contributed by atoms with E-state index in [9.17, 15) is 22.9 Å². The van der Waals surface area contributed by atoms with E-state index in [1.165, 1.54) is 24.3 Å². The first-order valence-corrected chi connectivity index (χ1v) is 14.7. The molecule has 0 heterocycles. The molecule has 3 aliphatic carbocycles. The molecule has 3 fully saturated rings. The van der Waals surface area contributed by atoms with Gasteiger partial charge in [0.05, 0.1) is 21.7 Å². The lowest BCUT2D eigenvalue weighted by Gasteiger charge is -2.57. The van der Waals surface area contributed by atoms with Gasteiger partial charge in [-0.25, -0.2) is 13.3 Å². The van der Waals surface area contributed by atoms with E-state index in [0.717, 1.165) is 12.1 Å². The zero-order valence-corrected chi connectivity index (χ0v) is 23.8. The van der Waals surface area contributed by atoms with Crippen molar-refractivity contribution in [3.63, 3.8) is 0 Å². The van der Waals surface area contributed by atoms with Gasteiger partial charge < -0.3 is 34.6 Å². The first-order valence-electron chi connectivity index (χ1n) is 12.4. The maximum atomic E-state index is 13.7. The zero-order valence-electron chi connectivity index (χ0n) is 21.4. The maximum Gasteiger partial charge on any atom is 0.471 e. The number of hydrogen-bond donors (Lipinski definition) is 4. The first kappa shape index (κ1) is 31.4. The number of carbonyl (C=O) groups excluding carboxylic acids is 2. The van der Waals surface area contributed by atoms with Crippen LogP contribution in [0.2, 0.25) is 10.0 Å². The van der Waals surface area contributed by atoms with Gasteiger partial charge in [0.15, 0.2) is 20.0 Å². The Morgan fingerprint density at radius 3 is 1.90 bits per heavy atom. The molecule has 0 radical (unpaired) electrons. The van der Waals surface area contributed by atoms with Gasteiger partial charge in [-0.1, -0.05) is 23.2 Å². The van der Waals surface area contributed by atoms with Gasteiger partial charge in [0.25, 0.3) is 11.8 Å². The summed E-state index contributed by atoms with van der Waals surface area (Å²) in [5.74, 6) is -2.19. The summed E-state index contributed by atoms with van der Waals surface area (Å²) < 4.78 is 59.4. The van der Waals surface area contributed by atoms with E-state index >= 15 is 0 Å². The number of phosphoric acid groups is 1. The third-order valence-electron chi connectivity index (χ3n) is 7.10. The number of fused-ring (bicyclic) bond motifs is 3. The summed E-state index contributed by atoms with van der Waals surface area (Å²) in [5.41, 5.74) is -1.71. The van der Waals surface area contributed by atoms with Crippen molar-refractivity contribution in [2.45, 2.75) is 49.3 Å². The molecule has 1 unspecified atom stereocenters. The van der Waals surface area contributed by atoms with Crippen LogP contribution in [-0.4, -0.2) is 58.8 Å². The van der Waals surface area contributed by atoms with Crippen molar-refractivity contribution < 1.29 is 51.5 Å². The quantitative estimate of drug-likeness (QED) is 0.200. The van der Waals surface area contributed by atoms with Crippen LogP contribution in [0.5, 0.6) is 11.5 Å². The second-order valence-electron chi connectivity index (χ2n) is 9.86. The topological polar surface area (TPSA) is 153 Å². The van der Waals surface area contributed by atoms with E-state index in [4.69, 9.17) is 47.2 Å². The third kappa shape index (κ3) is 8.29. The summed E-state index contributed by atoms with van der Waals surface area (Å²) in [4.78, 5) is 43.7. The zero-order chi connectivity index (χ0) is 29.8. The number of nitrogens with one attached hydrogen (secondary N) is 2. The smallest absolute Gasteiger partial charge is 0.471 e. The molecule has 2 amide bonds. The van der Waals surface area contributed by atoms with E-state index in [1.807, 2.05) is 0 Å². The molecular formula is C25H27Cl2F2N2O9P. The molecule has 2 bridgehead atoms. The Balaban J connectivity index is 1.39. The van der Waals surface area contributed by atoms with Crippen LogP contribution in [0.15, 0.2) is 36.4 Å². The number of phosphoric ester groups is 1. The fourth-order valence-corrected chi connectivity index (χ4v) is 5.54. The van der Waals surface area contributed by atoms with Crippen LogP contribution in [0, 0.1) is 11.6 Å². The number of hydrogen-bond acceptors (Lipinski definition) is 7. The lowest BCUT2D eigenvalue weighted by molar-refractivity contribution is -0.154. The highest BCUT2D eigenvalue weighted by Gasteiger charge is 2.56. The predicted octanol–water partition coefficient (Wildman–Crippen LogP) is 3.87. The Hall–Kier alpha value is -2.51. The van der Waals surface area contributed by atoms with Gasteiger partial charge in [-0.15, -0.1) is 0 Å². The van der Waals surface area contributed by atoms with Crippen molar-refractivity contribution in [3.05, 3.63) is 58.1 Å². The van der Waals surface area contributed by atoms with Crippen LogP contribution < -0.4 is 20.1 Å². The molecule has 0 aliphatic heterocycles. The maximum absolute atomic E-state index is 13.7. The van der Waals surface area contributed by atoms with E-state index in [0.29, 0.717) is 25.7 Å². The molecule has 0 spiro atoms. The van der Waals surface area contributed by atoms with Crippen molar-refractivity contribution in [3.8, 4) is 11.5 Å². The molecule has 0 aromatic heterocycles. The fraction of sp³-hybridized carbons (Fsp3) is 0.440. The van der Waals surface area contributed by atoms with Crippen LogP contribution in [0.1, 0.15) is 32.1 Å². The van der Waals surface area contributed by atoms with Crippen LogP contribution in [-0.2, 0) is 23.4 Å². The normalized spacial score (nSPS) is 23.6. The molecule has 2 aromatic carbocycles. The second-order valence-corrected chi connectivity index (χ2v) is 11.9. The molecule has 224 valence electrons. The van der Waals surface area contributed by atoms with E-state index in [2.05, 4.69) is 15.2 Å². The number of amides is 2. The van der Waals surface area contributed by atoms with Crippen LogP contribution >= 0.6 is 31.0 Å². The molecule has 3 saturated carbocycles. The minimum absolute atomic E-state index is 0.0834. The minimum atomic E-state index is -4.83. The number of halogens is 4. The van der Waals surface area contributed by atoms with Gasteiger partial charge in [-0.2, -0.15) is 0 Å². The fourth-order valence-electron chi connectivity index (χ4n) is 5.11. The first-order chi connectivity index (χ1) is 19.3. The summed E-state index contributed by atoms with van der Waals surface area (Å²) >= 11 is 11.3. The molecule has 5 rings (SSSR count). The summed E-state index contributed by atoms with van der Waals surface area (Å²) in [7, 11) is -4.83. The number of benzene rings is 2. The molecule has 3 aliphatic rings. The SMILES string of the molecule is O=C(COc1ccc(Cl)c(F)c1)NC12CCC(NC(=O)COc3ccc(Cl)c(F)c3)(CC1)C(OCOP(=O)(O)O)C2. The summed E-state index contributed by atoms with van der Waals surface area (Å²) in [6.45, 7) is -1.61. The molecule has 1 atom stereocenters. The molecule has 0 saturated heterocycles. The largest absolute Gasteiger partial charge is 0.484 e. The minimum Gasteiger partial charge on any atom is -0.484 e. The highest BCUT2D eigenvalue weighted by molar-refractivity contribution is 7.46. The third-order valence-corrected chi connectivity index (χ3v) is 8.15. The summed E-state index contributed by atoms with van der Waals surface area (Å²) in [6, 6.07) is 7.54. The highest BCUT2D eigenvalue weighted by atomic mass is 35.5. The van der Waals surface area contributed by atoms with Crippen molar-refractivity contribution in [1.82, 2.24) is 10.6 Å². The molecule has 41 heavy (non-hydrogen) atoms. The molecule has 2 aromatic rings. The Morgan fingerprint density at radius 2 is 1.41 bits per heavy atom. The van der Waals surface area contributed by atoms with E-state index in [1.54, 1.807) is 0 Å². The van der Waals surface area contributed by atoms with Crippen molar-refractivity contribution in [2.75, 3.05) is 20.0 Å². The lowest BCUT2D eigenvalue weighted by atomic mass is 9.59. The Morgan fingerprint density at radius 1 is 0.902 bits per heavy atom. The molecular weight excluding hydrogens is 612 g/mol. The Kier molecular flexibility index (Phi) is 9.80.